The number of unbranched alkanes of at least 4 members (excludes halogenated alkanes) is 1. The van der Waals surface area contributed by atoms with Crippen LogP contribution in [0.5, 0.6) is 0 Å². The van der Waals surface area contributed by atoms with Crippen molar-refractivity contribution in [1.29, 1.82) is 0 Å². The number of urea groups is 1. The summed E-state index contributed by atoms with van der Waals surface area (Å²) in [5, 5.41) is 12.4. The molecule has 2 fully saturated rings. The molecule has 4 amide bonds. The molecule has 0 aromatic heterocycles. The molecule has 2 aliphatic heterocycles. The molecular formula is C24H44N4O4S. The van der Waals surface area contributed by atoms with E-state index in [4.69, 9.17) is 4.74 Å². The maximum absolute atomic E-state index is 12.3. The molecule has 8 nitrogen and oxygen atoms in total. The molecule has 9 heteroatoms. The van der Waals surface area contributed by atoms with Crippen LogP contribution in [0.2, 0.25) is 0 Å². The van der Waals surface area contributed by atoms with Gasteiger partial charge in [-0.05, 0) is 32.1 Å². The maximum atomic E-state index is 12.3. The summed E-state index contributed by atoms with van der Waals surface area (Å²) in [6, 6.07) is 0.564. The van der Waals surface area contributed by atoms with Gasteiger partial charge in [0.2, 0.25) is 11.8 Å². The van der Waals surface area contributed by atoms with Crippen LogP contribution in [0.3, 0.4) is 0 Å². The van der Waals surface area contributed by atoms with Crippen LogP contribution in [0.15, 0.2) is 0 Å². The van der Waals surface area contributed by atoms with Crippen molar-refractivity contribution in [1.82, 2.24) is 21.3 Å². The van der Waals surface area contributed by atoms with E-state index in [0.29, 0.717) is 37.9 Å². The summed E-state index contributed by atoms with van der Waals surface area (Å²) in [4.78, 5) is 35.8. The molecule has 2 rings (SSSR count). The van der Waals surface area contributed by atoms with Crippen molar-refractivity contribution in [3.8, 4) is 0 Å². The van der Waals surface area contributed by atoms with Gasteiger partial charge in [-0.15, -0.1) is 0 Å². The molecule has 3 atom stereocenters. The average molecular weight is 485 g/mol. The second kappa shape index (κ2) is 12.3. The highest BCUT2D eigenvalue weighted by atomic mass is 32.2. The number of carbonyl (C=O) groups is 3. The summed E-state index contributed by atoms with van der Waals surface area (Å²) in [5.41, 5.74) is -0.428. The standard InChI is InChI=1S/C24H44N4O4S/c1-16(2)26-20(30)11-23(3,4)14-32-15-24(5,6)13-25-19(29)10-8-7-9-18-21-17(12-33-18)27-22(31)28-21/h16-18,21H,7-15H2,1-6H3,(H,25,29)(H,26,30)(H2,27,28,31). The average Bonchev–Trinajstić information content (AvgIpc) is 3.21. The van der Waals surface area contributed by atoms with Gasteiger partial charge in [-0.1, -0.05) is 34.1 Å². The van der Waals surface area contributed by atoms with Crippen LogP contribution >= 0.6 is 11.8 Å². The Balaban J connectivity index is 1.56. The number of nitrogens with one attached hydrogen (secondary N) is 4. The van der Waals surface area contributed by atoms with E-state index in [2.05, 4.69) is 35.1 Å². The predicted molar refractivity (Wildman–Crippen MR) is 133 cm³/mol. The SMILES string of the molecule is CC(C)NC(=O)CC(C)(C)COCC(C)(C)CNC(=O)CCCCC1SCC2NC(=O)NC21. The number of rotatable bonds is 14. The first-order valence-corrected chi connectivity index (χ1v) is 13.2. The van der Waals surface area contributed by atoms with Crippen LogP contribution in [0.4, 0.5) is 4.79 Å². The monoisotopic (exact) mass is 484 g/mol. The largest absolute Gasteiger partial charge is 0.380 e. The Morgan fingerprint density at radius 1 is 1.09 bits per heavy atom. The highest BCUT2D eigenvalue weighted by molar-refractivity contribution is 8.00. The number of hydrogen-bond acceptors (Lipinski definition) is 5. The van der Waals surface area contributed by atoms with Gasteiger partial charge in [0, 0.05) is 41.8 Å². The zero-order valence-electron chi connectivity index (χ0n) is 21.2. The number of hydrogen-bond donors (Lipinski definition) is 4. The molecule has 4 N–H and O–H groups in total. The zero-order valence-corrected chi connectivity index (χ0v) is 22.0. The van der Waals surface area contributed by atoms with Crippen molar-refractivity contribution < 1.29 is 19.1 Å². The Bertz CT molecular complexity index is 683. The molecule has 33 heavy (non-hydrogen) atoms. The smallest absolute Gasteiger partial charge is 0.315 e. The molecule has 0 aliphatic carbocycles. The second-order valence-electron chi connectivity index (χ2n) is 11.4. The summed E-state index contributed by atoms with van der Waals surface area (Å²) >= 11 is 1.91. The van der Waals surface area contributed by atoms with Crippen LogP contribution in [-0.2, 0) is 14.3 Å². The topological polar surface area (TPSA) is 109 Å². The van der Waals surface area contributed by atoms with Crippen molar-refractivity contribution >= 4 is 29.6 Å². The maximum Gasteiger partial charge on any atom is 0.315 e. The third-order valence-corrected chi connectivity index (χ3v) is 7.43. The lowest BCUT2D eigenvalue weighted by molar-refractivity contribution is -0.125. The van der Waals surface area contributed by atoms with Crippen LogP contribution < -0.4 is 21.3 Å². The number of fused-ring (bicyclic) bond motifs is 1. The molecule has 0 aromatic rings. The molecule has 0 saturated carbocycles. The Morgan fingerprint density at radius 2 is 1.79 bits per heavy atom. The molecule has 0 bridgehead atoms. The van der Waals surface area contributed by atoms with E-state index in [0.717, 1.165) is 25.0 Å². The van der Waals surface area contributed by atoms with Gasteiger partial charge in [0.05, 0.1) is 25.3 Å². The lowest BCUT2D eigenvalue weighted by atomic mass is 9.89. The van der Waals surface area contributed by atoms with Crippen molar-refractivity contribution in [3.63, 3.8) is 0 Å². The van der Waals surface area contributed by atoms with Gasteiger partial charge >= 0.3 is 6.03 Å². The van der Waals surface area contributed by atoms with Crippen LogP contribution in [0, 0.1) is 10.8 Å². The van der Waals surface area contributed by atoms with Gasteiger partial charge in [0.15, 0.2) is 0 Å². The van der Waals surface area contributed by atoms with E-state index in [9.17, 15) is 14.4 Å². The number of ether oxygens (including phenoxy) is 1. The van der Waals surface area contributed by atoms with Crippen molar-refractivity contribution in [2.24, 2.45) is 10.8 Å². The lowest BCUT2D eigenvalue weighted by Crippen LogP contribution is -2.38. The summed E-state index contributed by atoms with van der Waals surface area (Å²) < 4.78 is 5.93. The van der Waals surface area contributed by atoms with Gasteiger partial charge in [0.25, 0.3) is 0 Å². The van der Waals surface area contributed by atoms with E-state index < -0.39 is 0 Å². The fourth-order valence-corrected chi connectivity index (χ4v) is 5.76. The van der Waals surface area contributed by atoms with Crippen LogP contribution in [0.1, 0.15) is 73.6 Å². The second-order valence-corrected chi connectivity index (χ2v) is 12.6. The fraction of sp³-hybridized carbons (Fsp3) is 0.875. The molecule has 190 valence electrons. The minimum absolute atomic E-state index is 0.0427. The molecule has 3 unspecified atom stereocenters. The highest BCUT2D eigenvalue weighted by Crippen LogP contribution is 2.33. The van der Waals surface area contributed by atoms with E-state index in [1.54, 1.807) is 0 Å². The summed E-state index contributed by atoms with van der Waals surface area (Å²) in [6.07, 6.45) is 3.80. The third kappa shape index (κ3) is 10.1. The molecule has 2 saturated heterocycles. The Hall–Kier alpha value is -1.48. The Morgan fingerprint density at radius 3 is 2.48 bits per heavy atom. The van der Waals surface area contributed by atoms with E-state index in [-0.39, 0.29) is 46.8 Å². The van der Waals surface area contributed by atoms with E-state index >= 15 is 0 Å². The molecule has 0 aromatic carbocycles. The zero-order chi connectivity index (χ0) is 24.6. The minimum atomic E-state index is -0.243. The lowest BCUT2D eigenvalue weighted by Gasteiger charge is -2.29. The highest BCUT2D eigenvalue weighted by Gasteiger charge is 2.42. The predicted octanol–water partition coefficient (Wildman–Crippen LogP) is 2.81. The van der Waals surface area contributed by atoms with E-state index in [1.807, 2.05) is 39.5 Å². The van der Waals surface area contributed by atoms with Gasteiger partial charge in [-0.2, -0.15) is 11.8 Å². The van der Waals surface area contributed by atoms with Crippen molar-refractivity contribution in [2.45, 2.75) is 97.0 Å². The van der Waals surface area contributed by atoms with Gasteiger partial charge < -0.3 is 26.0 Å². The molecular weight excluding hydrogens is 440 g/mol. The van der Waals surface area contributed by atoms with Crippen LogP contribution in [0.25, 0.3) is 0 Å². The summed E-state index contributed by atoms with van der Waals surface area (Å²) in [6.45, 7) is 13.7. The summed E-state index contributed by atoms with van der Waals surface area (Å²) in [5.74, 6) is 1.08. The molecule has 0 radical (unpaired) electrons. The normalized spacial score (nSPS) is 22.6. The van der Waals surface area contributed by atoms with Gasteiger partial charge in [0.1, 0.15) is 0 Å². The fourth-order valence-electron chi connectivity index (χ4n) is 4.21. The molecule has 2 heterocycles. The quantitative estimate of drug-likeness (QED) is 0.224. The first-order valence-electron chi connectivity index (χ1n) is 12.2. The van der Waals surface area contributed by atoms with Crippen molar-refractivity contribution in [2.75, 3.05) is 25.5 Å². The minimum Gasteiger partial charge on any atom is -0.380 e. The van der Waals surface area contributed by atoms with Gasteiger partial charge in [-0.3, -0.25) is 9.59 Å². The van der Waals surface area contributed by atoms with Crippen molar-refractivity contribution in [3.05, 3.63) is 0 Å². The Kier molecular flexibility index (Phi) is 10.3. The number of carbonyl (C=O) groups excluding carboxylic acids is 3. The first kappa shape index (κ1) is 27.8. The summed E-state index contributed by atoms with van der Waals surface area (Å²) in [7, 11) is 0. The third-order valence-electron chi connectivity index (χ3n) is 5.92. The first-order chi connectivity index (χ1) is 15.4. The molecule has 0 spiro atoms. The number of amides is 4. The molecule has 2 aliphatic rings. The number of thioether (sulfide) groups is 1. The Labute approximate surface area is 203 Å². The van der Waals surface area contributed by atoms with Gasteiger partial charge in [-0.25, -0.2) is 4.79 Å². The van der Waals surface area contributed by atoms with E-state index in [1.165, 1.54) is 0 Å². The van der Waals surface area contributed by atoms with Crippen LogP contribution in [-0.4, -0.2) is 66.7 Å².